The molecule has 0 aliphatic heterocycles. The van der Waals surface area contributed by atoms with E-state index in [-0.39, 0.29) is 31.0 Å². The van der Waals surface area contributed by atoms with Crippen LogP contribution in [0.5, 0.6) is 0 Å². The highest BCUT2D eigenvalue weighted by atomic mass is 32.2. The van der Waals surface area contributed by atoms with Gasteiger partial charge in [0.15, 0.2) is 0 Å². The quantitative estimate of drug-likeness (QED) is 0.617. The fourth-order valence-electron chi connectivity index (χ4n) is 1.24. The van der Waals surface area contributed by atoms with E-state index in [9.17, 15) is 18.0 Å². The molecule has 0 aromatic heterocycles. The summed E-state index contributed by atoms with van der Waals surface area (Å²) in [6.45, 7) is 4.12. The third-order valence-electron chi connectivity index (χ3n) is 2.34. The Kier molecular flexibility index (Phi) is 7.62. The van der Waals surface area contributed by atoms with Gasteiger partial charge < -0.3 is 10.4 Å². The molecule has 0 aromatic rings. The molecule has 0 atom stereocenters. The van der Waals surface area contributed by atoms with Crippen LogP contribution in [0, 0.1) is 5.92 Å². The highest BCUT2D eigenvalue weighted by Crippen LogP contribution is 2.02. The summed E-state index contributed by atoms with van der Waals surface area (Å²) in [5, 5.41) is 11.1. The first-order valence-electron chi connectivity index (χ1n) is 6.07. The number of carboxylic acids is 1. The molecule has 19 heavy (non-hydrogen) atoms. The van der Waals surface area contributed by atoms with Crippen LogP contribution >= 0.6 is 0 Å². The van der Waals surface area contributed by atoms with Crippen LogP contribution in [-0.4, -0.2) is 55.6 Å². The number of sulfonamides is 1. The maximum absolute atomic E-state index is 11.7. The van der Waals surface area contributed by atoms with Gasteiger partial charge in [-0.15, -0.1) is 0 Å². The van der Waals surface area contributed by atoms with Crippen LogP contribution in [-0.2, 0) is 19.6 Å². The van der Waals surface area contributed by atoms with Crippen molar-refractivity contribution in [2.45, 2.75) is 26.7 Å². The first kappa shape index (κ1) is 17.8. The third kappa shape index (κ3) is 8.55. The molecule has 112 valence electrons. The Morgan fingerprint density at radius 2 is 1.89 bits per heavy atom. The summed E-state index contributed by atoms with van der Waals surface area (Å²) in [7, 11) is -2.27. The third-order valence-corrected chi connectivity index (χ3v) is 4.22. The van der Waals surface area contributed by atoms with Gasteiger partial charge in [0.25, 0.3) is 0 Å². The standard InChI is InChI=1S/C11H22N2O5S/c1-9(2)7-12-10(14)8-13(3)19(17,18)6-4-5-11(15)16/h9H,4-8H2,1-3H3,(H,12,14)(H,15,16). The van der Waals surface area contributed by atoms with Crippen LogP contribution in [0.15, 0.2) is 0 Å². The van der Waals surface area contributed by atoms with Gasteiger partial charge >= 0.3 is 5.97 Å². The van der Waals surface area contributed by atoms with Crippen LogP contribution in [0.4, 0.5) is 0 Å². The fraction of sp³-hybridized carbons (Fsp3) is 0.818. The molecule has 0 saturated heterocycles. The normalized spacial score (nSPS) is 11.8. The van der Waals surface area contributed by atoms with Crippen LogP contribution < -0.4 is 5.32 Å². The van der Waals surface area contributed by atoms with E-state index in [1.165, 1.54) is 7.05 Å². The van der Waals surface area contributed by atoms with Crippen LogP contribution in [0.3, 0.4) is 0 Å². The van der Waals surface area contributed by atoms with Crippen LogP contribution in [0.2, 0.25) is 0 Å². The second-order valence-electron chi connectivity index (χ2n) is 4.77. The number of nitrogens with one attached hydrogen (secondary N) is 1. The monoisotopic (exact) mass is 294 g/mol. The van der Waals surface area contributed by atoms with Gasteiger partial charge in [-0.2, -0.15) is 4.31 Å². The zero-order chi connectivity index (χ0) is 15.1. The maximum atomic E-state index is 11.7. The molecule has 0 aromatic carbocycles. The predicted molar refractivity (Wildman–Crippen MR) is 71.1 cm³/mol. The van der Waals surface area contributed by atoms with Gasteiger partial charge in [-0.1, -0.05) is 13.8 Å². The molecule has 2 N–H and O–H groups in total. The summed E-state index contributed by atoms with van der Waals surface area (Å²) < 4.78 is 24.4. The SMILES string of the molecule is CC(C)CNC(=O)CN(C)S(=O)(=O)CCCC(=O)O. The van der Waals surface area contributed by atoms with Gasteiger partial charge in [-0.25, -0.2) is 8.42 Å². The Balaban J connectivity index is 4.19. The van der Waals surface area contributed by atoms with Crippen molar-refractivity contribution < 1.29 is 23.1 Å². The number of likely N-dealkylation sites (N-methyl/N-ethyl adjacent to an activating group) is 1. The number of aliphatic carboxylic acids is 1. The van der Waals surface area contributed by atoms with Crippen molar-refractivity contribution in [2.75, 3.05) is 25.9 Å². The van der Waals surface area contributed by atoms with Crippen molar-refractivity contribution >= 4 is 21.9 Å². The summed E-state index contributed by atoms with van der Waals surface area (Å²) in [5.41, 5.74) is 0. The van der Waals surface area contributed by atoms with E-state index >= 15 is 0 Å². The number of carbonyl (C=O) groups excluding carboxylic acids is 1. The van der Waals surface area contributed by atoms with Crippen molar-refractivity contribution in [2.24, 2.45) is 5.92 Å². The van der Waals surface area contributed by atoms with Gasteiger partial charge in [-0.05, 0) is 12.3 Å². The molecule has 0 bridgehead atoms. The molecule has 0 radical (unpaired) electrons. The largest absolute Gasteiger partial charge is 0.481 e. The Morgan fingerprint density at radius 1 is 1.32 bits per heavy atom. The van der Waals surface area contributed by atoms with Crippen LogP contribution in [0.1, 0.15) is 26.7 Å². The number of amides is 1. The Hall–Kier alpha value is -1.15. The van der Waals surface area contributed by atoms with E-state index in [1.54, 1.807) is 0 Å². The Labute approximate surface area is 114 Å². The van der Waals surface area contributed by atoms with E-state index in [0.29, 0.717) is 12.5 Å². The maximum Gasteiger partial charge on any atom is 0.303 e. The van der Waals surface area contributed by atoms with Crippen molar-refractivity contribution in [3.05, 3.63) is 0 Å². The highest BCUT2D eigenvalue weighted by Gasteiger charge is 2.20. The van der Waals surface area contributed by atoms with E-state index in [1.807, 2.05) is 13.8 Å². The molecule has 0 saturated carbocycles. The number of nitrogens with zero attached hydrogens (tertiary/aromatic N) is 1. The lowest BCUT2D eigenvalue weighted by molar-refractivity contribution is -0.137. The summed E-state index contributed by atoms with van der Waals surface area (Å²) in [5.74, 6) is -1.38. The molecular weight excluding hydrogens is 272 g/mol. The minimum absolute atomic E-state index is 0.0373. The summed E-state index contributed by atoms with van der Waals surface area (Å²) in [4.78, 5) is 21.8. The Bertz CT molecular complexity index is 405. The highest BCUT2D eigenvalue weighted by molar-refractivity contribution is 7.89. The Morgan fingerprint density at radius 3 is 2.37 bits per heavy atom. The first-order valence-corrected chi connectivity index (χ1v) is 7.68. The molecule has 0 aliphatic rings. The van der Waals surface area contributed by atoms with Crippen molar-refractivity contribution in [1.29, 1.82) is 0 Å². The number of hydrogen-bond acceptors (Lipinski definition) is 4. The average molecular weight is 294 g/mol. The molecule has 0 aliphatic carbocycles. The minimum Gasteiger partial charge on any atom is -0.481 e. The lowest BCUT2D eigenvalue weighted by atomic mass is 10.2. The molecule has 0 heterocycles. The molecule has 0 spiro atoms. The van der Waals surface area contributed by atoms with Gasteiger partial charge in [0, 0.05) is 20.0 Å². The second kappa shape index (κ2) is 8.11. The van der Waals surface area contributed by atoms with E-state index in [4.69, 9.17) is 5.11 Å². The van der Waals surface area contributed by atoms with Crippen molar-refractivity contribution in [1.82, 2.24) is 9.62 Å². The zero-order valence-electron chi connectivity index (χ0n) is 11.5. The summed E-state index contributed by atoms with van der Waals surface area (Å²) in [6, 6.07) is 0. The van der Waals surface area contributed by atoms with E-state index < -0.39 is 16.0 Å². The summed E-state index contributed by atoms with van der Waals surface area (Å²) in [6.07, 6.45) is -0.164. The van der Waals surface area contributed by atoms with Gasteiger partial charge in [0.2, 0.25) is 15.9 Å². The average Bonchev–Trinajstić information content (AvgIpc) is 2.25. The van der Waals surface area contributed by atoms with Gasteiger partial charge in [0.1, 0.15) is 0 Å². The predicted octanol–water partition coefficient (Wildman–Crippen LogP) is -0.115. The lowest BCUT2D eigenvalue weighted by Crippen LogP contribution is -2.40. The fourth-order valence-corrected chi connectivity index (χ4v) is 2.37. The van der Waals surface area contributed by atoms with E-state index in [0.717, 1.165) is 4.31 Å². The second-order valence-corrected chi connectivity index (χ2v) is 6.96. The first-order chi connectivity index (χ1) is 8.65. The molecule has 7 nitrogen and oxygen atoms in total. The molecule has 1 amide bonds. The molecule has 0 rings (SSSR count). The van der Waals surface area contributed by atoms with Gasteiger partial charge in [-0.3, -0.25) is 9.59 Å². The topological polar surface area (TPSA) is 104 Å². The lowest BCUT2D eigenvalue weighted by Gasteiger charge is -2.17. The molecule has 8 heteroatoms. The number of rotatable bonds is 9. The van der Waals surface area contributed by atoms with Crippen LogP contribution in [0.25, 0.3) is 0 Å². The van der Waals surface area contributed by atoms with E-state index in [2.05, 4.69) is 5.32 Å². The minimum atomic E-state index is -3.58. The zero-order valence-corrected chi connectivity index (χ0v) is 12.4. The van der Waals surface area contributed by atoms with Crippen molar-refractivity contribution in [3.8, 4) is 0 Å². The number of carbonyl (C=O) groups is 2. The number of hydrogen-bond donors (Lipinski definition) is 2. The molecule has 0 fully saturated rings. The van der Waals surface area contributed by atoms with Crippen molar-refractivity contribution in [3.63, 3.8) is 0 Å². The summed E-state index contributed by atoms with van der Waals surface area (Å²) >= 11 is 0. The molecular formula is C11H22N2O5S. The number of carboxylic acid groups (broad SMARTS) is 1. The smallest absolute Gasteiger partial charge is 0.303 e. The molecule has 0 unspecified atom stereocenters. The van der Waals surface area contributed by atoms with Gasteiger partial charge in [0.05, 0.1) is 12.3 Å².